The van der Waals surface area contributed by atoms with Crippen molar-refractivity contribution in [1.29, 1.82) is 0 Å². The molecule has 4 nitrogen and oxygen atoms in total. The van der Waals surface area contributed by atoms with Crippen LogP contribution < -0.4 is 4.90 Å². The lowest BCUT2D eigenvalue weighted by Gasteiger charge is -2.26. The average Bonchev–Trinajstić information content (AvgIpc) is 2.74. The maximum Gasteiger partial charge on any atom is 0.433 e. The van der Waals surface area contributed by atoms with Gasteiger partial charge in [-0.15, -0.1) is 0 Å². The van der Waals surface area contributed by atoms with E-state index in [1.807, 2.05) is 19.1 Å². The summed E-state index contributed by atoms with van der Waals surface area (Å²) in [7, 11) is 0. The number of hydrogen-bond acceptors (Lipinski definition) is 3. The quantitative estimate of drug-likeness (QED) is 0.635. The van der Waals surface area contributed by atoms with Crippen LogP contribution in [0.4, 0.5) is 18.9 Å². The molecular weight excluding hydrogens is 393 g/mol. The zero-order valence-corrected chi connectivity index (χ0v) is 16.3. The van der Waals surface area contributed by atoms with E-state index in [9.17, 15) is 23.1 Å². The number of aromatic nitrogens is 1. The Hall–Kier alpha value is -3.19. The fourth-order valence-electron chi connectivity index (χ4n) is 3.00. The second-order valence-electron chi connectivity index (χ2n) is 6.94. The van der Waals surface area contributed by atoms with Crippen molar-refractivity contribution in [2.24, 2.45) is 0 Å². The highest BCUT2D eigenvalue weighted by Crippen LogP contribution is 2.27. The number of rotatable bonds is 6. The van der Waals surface area contributed by atoms with Gasteiger partial charge in [0.2, 0.25) is 0 Å². The number of amides is 1. The predicted molar refractivity (Wildman–Crippen MR) is 108 cm³/mol. The van der Waals surface area contributed by atoms with E-state index in [0.717, 1.165) is 17.8 Å². The number of aliphatic hydroxyl groups excluding tert-OH is 1. The molecule has 2 aromatic carbocycles. The number of aliphatic hydroxyl groups is 1. The number of alkyl halides is 3. The molecule has 1 amide bonds. The minimum Gasteiger partial charge on any atom is -0.378 e. The van der Waals surface area contributed by atoms with E-state index in [1.165, 1.54) is 11.0 Å². The molecule has 156 valence electrons. The largest absolute Gasteiger partial charge is 0.433 e. The lowest BCUT2D eigenvalue weighted by molar-refractivity contribution is -0.141. The molecule has 1 N–H and O–H groups in total. The van der Waals surface area contributed by atoms with Gasteiger partial charge in [-0.2, -0.15) is 13.2 Å². The molecule has 7 heteroatoms. The Morgan fingerprint density at radius 2 is 1.70 bits per heavy atom. The second-order valence-corrected chi connectivity index (χ2v) is 6.94. The van der Waals surface area contributed by atoms with Crippen molar-refractivity contribution in [3.05, 3.63) is 95.3 Å². The highest BCUT2D eigenvalue weighted by atomic mass is 19.4. The van der Waals surface area contributed by atoms with Gasteiger partial charge in [0.25, 0.3) is 5.91 Å². The number of halogens is 3. The summed E-state index contributed by atoms with van der Waals surface area (Å²) in [4.78, 5) is 17.9. The third-order valence-electron chi connectivity index (χ3n) is 4.70. The van der Waals surface area contributed by atoms with Gasteiger partial charge in [0.1, 0.15) is 5.69 Å². The summed E-state index contributed by atoms with van der Waals surface area (Å²) in [6.45, 7) is 2.10. The molecule has 0 radical (unpaired) electrons. The van der Waals surface area contributed by atoms with Crippen molar-refractivity contribution in [1.82, 2.24) is 4.98 Å². The van der Waals surface area contributed by atoms with Gasteiger partial charge in [-0.1, -0.05) is 54.1 Å². The highest BCUT2D eigenvalue weighted by Gasteiger charge is 2.32. The molecule has 0 saturated carbocycles. The van der Waals surface area contributed by atoms with Gasteiger partial charge in [0.15, 0.2) is 6.10 Å². The van der Waals surface area contributed by atoms with Crippen LogP contribution >= 0.6 is 0 Å². The van der Waals surface area contributed by atoms with E-state index in [4.69, 9.17) is 0 Å². The Kier molecular flexibility index (Phi) is 6.52. The standard InChI is InChI=1S/C23H21F3N2O2/c1-16-7-10-19(11-8-16)28(22(30)21(29)18-5-3-2-4-6-18)14-13-17-9-12-20(27-15-17)23(24,25)26/h2-12,15,21,29H,13-14H2,1H3. The minimum atomic E-state index is -4.50. The third-order valence-corrected chi connectivity index (χ3v) is 4.70. The molecule has 1 unspecified atom stereocenters. The Labute approximate surface area is 172 Å². The predicted octanol–water partition coefficient (Wildman–Crippen LogP) is 4.72. The van der Waals surface area contributed by atoms with Crippen LogP contribution in [0.2, 0.25) is 0 Å². The lowest BCUT2D eigenvalue weighted by atomic mass is 10.1. The summed E-state index contributed by atoms with van der Waals surface area (Å²) in [5, 5.41) is 10.6. The van der Waals surface area contributed by atoms with Gasteiger partial charge in [-0.3, -0.25) is 9.78 Å². The molecule has 1 atom stereocenters. The van der Waals surface area contributed by atoms with Crippen LogP contribution in [0, 0.1) is 6.92 Å². The zero-order chi connectivity index (χ0) is 21.7. The van der Waals surface area contributed by atoms with Crippen molar-refractivity contribution in [2.75, 3.05) is 11.4 Å². The van der Waals surface area contributed by atoms with E-state index in [1.54, 1.807) is 42.5 Å². The topological polar surface area (TPSA) is 53.4 Å². The van der Waals surface area contributed by atoms with Gasteiger partial charge in [-0.25, -0.2) is 0 Å². The first-order valence-corrected chi connectivity index (χ1v) is 9.39. The fourth-order valence-corrected chi connectivity index (χ4v) is 3.00. The van der Waals surface area contributed by atoms with Gasteiger partial charge in [0.05, 0.1) is 0 Å². The molecule has 1 aromatic heterocycles. The summed E-state index contributed by atoms with van der Waals surface area (Å²) in [5.41, 5.74) is 1.68. The number of aryl methyl sites for hydroxylation is 1. The van der Waals surface area contributed by atoms with Crippen LogP contribution in [-0.2, 0) is 17.4 Å². The Morgan fingerprint density at radius 3 is 2.27 bits per heavy atom. The van der Waals surface area contributed by atoms with Gasteiger partial charge in [-0.05, 0) is 42.7 Å². The number of carbonyl (C=O) groups is 1. The Balaban J connectivity index is 1.81. The van der Waals surface area contributed by atoms with Crippen molar-refractivity contribution < 1.29 is 23.1 Å². The fraction of sp³-hybridized carbons (Fsp3) is 0.217. The van der Waals surface area contributed by atoms with Gasteiger partial charge in [0, 0.05) is 18.4 Å². The lowest BCUT2D eigenvalue weighted by Crippen LogP contribution is -2.37. The number of anilines is 1. The Bertz CT molecular complexity index is 972. The summed E-state index contributed by atoms with van der Waals surface area (Å²) >= 11 is 0. The minimum absolute atomic E-state index is 0.179. The molecular formula is C23H21F3N2O2. The van der Waals surface area contributed by atoms with E-state index in [0.29, 0.717) is 16.8 Å². The van der Waals surface area contributed by atoms with Crippen LogP contribution in [0.25, 0.3) is 0 Å². The molecule has 0 spiro atoms. The molecule has 0 aliphatic rings. The Morgan fingerprint density at radius 1 is 1.03 bits per heavy atom. The first kappa shape index (κ1) is 21.5. The van der Waals surface area contributed by atoms with E-state index < -0.39 is 23.9 Å². The van der Waals surface area contributed by atoms with Crippen LogP contribution in [0.3, 0.4) is 0 Å². The van der Waals surface area contributed by atoms with Crippen LogP contribution in [0.5, 0.6) is 0 Å². The first-order valence-electron chi connectivity index (χ1n) is 9.39. The maximum atomic E-state index is 13.0. The third kappa shape index (κ3) is 5.24. The summed E-state index contributed by atoms with van der Waals surface area (Å²) in [6.07, 6.45) is -4.40. The molecule has 1 heterocycles. The monoisotopic (exact) mass is 414 g/mol. The molecule has 30 heavy (non-hydrogen) atoms. The summed E-state index contributed by atoms with van der Waals surface area (Å²) in [5.74, 6) is -0.509. The normalized spacial score (nSPS) is 12.4. The van der Waals surface area contributed by atoms with Crippen molar-refractivity contribution in [3.63, 3.8) is 0 Å². The average molecular weight is 414 g/mol. The van der Waals surface area contributed by atoms with Crippen LogP contribution in [0.1, 0.15) is 28.5 Å². The highest BCUT2D eigenvalue weighted by molar-refractivity contribution is 5.97. The maximum absolute atomic E-state index is 13.0. The van der Waals surface area contributed by atoms with Crippen molar-refractivity contribution in [2.45, 2.75) is 25.6 Å². The molecule has 3 rings (SSSR count). The molecule has 0 bridgehead atoms. The number of benzene rings is 2. The SMILES string of the molecule is Cc1ccc(N(CCc2ccc(C(F)(F)F)nc2)C(=O)C(O)c2ccccc2)cc1. The number of pyridine rings is 1. The van der Waals surface area contributed by atoms with E-state index in [2.05, 4.69) is 4.98 Å². The first-order chi connectivity index (χ1) is 14.3. The van der Waals surface area contributed by atoms with Crippen molar-refractivity contribution in [3.8, 4) is 0 Å². The van der Waals surface area contributed by atoms with E-state index in [-0.39, 0.29) is 13.0 Å². The smallest absolute Gasteiger partial charge is 0.378 e. The molecule has 0 aliphatic carbocycles. The van der Waals surface area contributed by atoms with Crippen molar-refractivity contribution >= 4 is 11.6 Å². The molecule has 0 aliphatic heterocycles. The molecule has 0 saturated heterocycles. The zero-order valence-electron chi connectivity index (χ0n) is 16.3. The molecule has 0 fully saturated rings. The summed E-state index contributed by atoms with van der Waals surface area (Å²) in [6, 6.07) is 18.1. The van der Waals surface area contributed by atoms with E-state index >= 15 is 0 Å². The van der Waals surface area contributed by atoms with Crippen LogP contribution in [0.15, 0.2) is 72.9 Å². The summed E-state index contributed by atoms with van der Waals surface area (Å²) < 4.78 is 38.1. The van der Waals surface area contributed by atoms with Gasteiger partial charge >= 0.3 is 6.18 Å². The second kappa shape index (κ2) is 9.09. The number of nitrogens with zero attached hydrogens (tertiary/aromatic N) is 2. The van der Waals surface area contributed by atoms with Crippen LogP contribution in [-0.4, -0.2) is 22.5 Å². The number of carbonyl (C=O) groups excluding carboxylic acids is 1. The number of hydrogen-bond donors (Lipinski definition) is 1. The molecule has 3 aromatic rings. The van der Waals surface area contributed by atoms with Gasteiger partial charge < -0.3 is 10.0 Å².